The normalized spacial score (nSPS) is 18.0. The molecular weight excluding hydrogens is 384 g/mol. The van der Waals surface area contributed by atoms with Gasteiger partial charge in [-0.15, -0.1) is 11.8 Å². The third-order valence-electron chi connectivity index (χ3n) is 4.57. The smallest absolute Gasteiger partial charge is 0.258 e. The monoisotopic (exact) mass is 400 g/mol. The molecule has 1 saturated heterocycles. The van der Waals surface area contributed by atoms with E-state index in [0.717, 1.165) is 16.3 Å². The molecule has 1 heterocycles. The summed E-state index contributed by atoms with van der Waals surface area (Å²) in [7, 11) is -3.68. The van der Waals surface area contributed by atoms with Crippen molar-refractivity contribution in [2.24, 2.45) is 0 Å². The average Bonchev–Trinajstić information content (AvgIpc) is 3.18. The Bertz CT molecular complexity index is 1110. The first-order chi connectivity index (χ1) is 13.0. The van der Waals surface area contributed by atoms with Crippen molar-refractivity contribution in [3.05, 3.63) is 82.4 Å². The van der Waals surface area contributed by atoms with Crippen LogP contribution >= 0.6 is 11.8 Å². The molecule has 0 spiro atoms. The summed E-state index contributed by atoms with van der Waals surface area (Å²) in [6, 6.07) is 18.8. The predicted molar refractivity (Wildman–Crippen MR) is 106 cm³/mol. The molecule has 0 amide bonds. The molecule has 6 nitrogen and oxygen atoms in total. The van der Waals surface area contributed by atoms with Crippen LogP contribution in [0.25, 0.3) is 10.8 Å². The summed E-state index contributed by atoms with van der Waals surface area (Å²) in [4.78, 5) is 10.6. The highest BCUT2D eigenvalue weighted by Crippen LogP contribution is 2.42. The average molecular weight is 400 g/mol. The predicted octanol–water partition coefficient (Wildman–Crippen LogP) is 4.18. The van der Waals surface area contributed by atoms with Gasteiger partial charge in [-0.05, 0) is 40.6 Å². The summed E-state index contributed by atoms with van der Waals surface area (Å²) in [5.41, 5.74) is 0.734. The second-order valence-corrected chi connectivity index (χ2v) is 9.28. The lowest BCUT2D eigenvalue weighted by Gasteiger charge is -2.23. The molecule has 4 rings (SSSR count). The Balaban J connectivity index is 1.69. The fraction of sp³-hybridized carbons (Fsp3) is 0.158. The number of thioether (sulfide) groups is 1. The molecule has 0 saturated carbocycles. The van der Waals surface area contributed by atoms with Crippen molar-refractivity contribution >= 4 is 38.2 Å². The zero-order chi connectivity index (χ0) is 19.0. The SMILES string of the molecule is O=[N+]([O-])c1ccc([C@@H]2SCCN2S(=O)(=O)c2ccc3ccccc3c2)cc1. The van der Waals surface area contributed by atoms with E-state index in [-0.39, 0.29) is 16.0 Å². The molecule has 27 heavy (non-hydrogen) atoms. The molecule has 0 N–H and O–H groups in total. The minimum Gasteiger partial charge on any atom is -0.258 e. The number of nitro groups is 1. The van der Waals surface area contributed by atoms with Crippen LogP contribution in [0.15, 0.2) is 71.6 Å². The summed E-state index contributed by atoms with van der Waals surface area (Å²) in [6.07, 6.45) is 0. The van der Waals surface area contributed by atoms with Crippen molar-refractivity contribution in [3.63, 3.8) is 0 Å². The van der Waals surface area contributed by atoms with E-state index in [1.807, 2.05) is 30.3 Å². The van der Waals surface area contributed by atoms with Gasteiger partial charge in [0.15, 0.2) is 0 Å². The molecule has 0 bridgehead atoms. The molecule has 1 atom stereocenters. The van der Waals surface area contributed by atoms with E-state index in [2.05, 4.69) is 0 Å². The Morgan fingerprint density at radius 1 is 1.00 bits per heavy atom. The Morgan fingerprint density at radius 3 is 2.41 bits per heavy atom. The summed E-state index contributed by atoms with van der Waals surface area (Å²) >= 11 is 1.52. The highest BCUT2D eigenvalue weighted by Gasteiger charge is 2.37. The molecule has 138 valence electrons. The van der Waals surface area contributed by atoms with Crippen molar-refractivity contribution in [2.75, 3.05) is 12.3 Å². The Labute approximate surface area is 161 Å². The third-order valence-corrected chi connectivity index (χ3v) is 7.82. The van der Waals surface area contributed by atoms with Gasteiger partial charge in [0.1, 0.15) is 0 Å². The summed E-state index contributed by atoms with van der Waals surface area (Å²) in [5.74, 6) is 0.675. The van der Waals surface area contributed by atoms with Crippen molar-refractivity contribution in [1.29, 1.82) is 0 Å². The molecule has 0 aromatic heterocycles. The van der Waals surface area contributed by atoms with Crippen LogP contribution in [0.5, 0.6) is 0 Å². The van der Waals surface area contributed by atoms with Crippen molar-refractivity contribution < 1.29 is 13.3 Å². The van der Waals surface area contributed by atoms with E-state index in [1.54, 1.807) is 24.3 Å². The summed E-state index contributed by atoms with van der Waals surface area (Å²) < 4.78 is 28.0. The van der Waals surface area contributed by atoms with Crippen LogP contribution in [0.1, 0.15) is 10.9 Å². The van der Waals surface area contributed by atoms with E-state index < -0.39 is 14.9 Å². The lowest BCUT2D eigenvalue weighted by molar-refractivity contribution is -0.384. The second-order valence-electron chi connectivity index (χ2n) is 6.20. The van der Waals surface area contributed by atoms with Gasteiger partial charge in [-0.3, -0.25) is 10.1 Å². The van der Waals surface area contributed by atoms with Gasteiger partial charge in [0, 0.05) is 24.4 Å². The molecule has 1 aliphatic rings. The minimum atomic E-state index is -3.68. The number of nitrogens with zero attached hydrogens (tertiary/aromatic N) is 2. The van der Waals surface area contributed by atoms with E-state index in [1.165, 1.54) is 28.2 Å². The molecule has 0 radical (unpaired) electrons. The number of hydrogen-bond acceptors (Lipinski definition) is 5. The van der Waals surface area contributed by atoms with Gasteiger partial charge in [0.05, 0.1) is 15.2 Å². The summed E-state index contributed by atoms with van der Waals surface area (Å²) in [5, 5.41) is 12.3. The largest absolute Gasteiger partial charge is 0.269 e. The van der Waals surface area contributed by atoms with Crippen molar-refractivity contribution in [3.8, 4) is 0 Å². The number of non-ortho nitro benzene ring substituents is 1. The number of sulfonamides is 1. The van der Waals surface area contributed by atoms with Crippen molar-refractivity contribution in [2.45, 2.75) is 10.3 Å². The number of hydrogen-bond donors (Lipinski definition) is 0. The van der Waals surface area contributed by atoms with Crippen LogP contribution in [-0.4, -0.2) is 29.9 Å². The molecule has 1 fully saturated rings. The van der Waals surface area contributed by atoms with E-state index in [4.69, 9.17) is 0 Å². The van der Waals surface area contributed by atoms with E-state index in [9.17, 15) is 18.5 Å². The van der Waals surface area contributed by atoms with Crippen molar-refractivity contribution in [1.82, 2.24) is 4.31 Å². The molecule has 0 unspecified atom stereocenters. The number of nitro benzene ring substituents is 1. The fourth-order valence-corrected chi connectivity index (χ4v) is 6.46. The number of rotatable bonds is 4. The second kappa shape index (κ2) is 6.95. The fourth-order valence-electron chi connectivity index (χ4n) is 3.19. The maximum atomic E-state index is 13.2. The maximum Gasteiger partial charge on any atom is 0.269 e. The molecule has 1 aliphatic heterocycles. The summed E-state index contributed by atoms with van der Waals surface area (Å²) in [6.45, 7) is 0.404. The first-order valence-electron chi connectivity index (χ1n) is 8.33. The Kier molecular flexibility index (Phi) is 4.63. The molecule has 3 aromatic carbocycles. The lowest BCUT2D eigenvalue weighted by atomic mass is 10.1. The van der Waals surface area contributed by atoms with Crippen LogP contribution in [0, 0.1) is 10.1 Å². The van der Waals surface area contributed by atoms with Crippen LogP contribution in [-0.2, 0) is 10.0 Å². The van der Waals surface area contributed by atoms with Gasteiger partial charge in [-0.1, -0.05) is 30.3 Å². The van der Waals surface area contributed by atoms with Crippen LogP contribution in [0.3, 0.4) is 0 Å². The third kappa shape index (κ3) is 3.31. The number of fused-ring (bicyclic) bond motifs is 1. The van der Waals surface area contributed by atoms with Crippen LogP contribution in [0.4, 0.5) is 5.69 Å². The van der Waals surface area contributed by atoms with Crippen LogP contribution < -0.4 is 0 Å². The molecule has 8 heteroatoms. The zero-order valence-corrected chi connectivity index (χ0v) is 15.8. The molecule has 0 aliphatic carbocycles. The first kappa shape index (κ1) is 18.0. The van der Waals surface area contributed by atoms with Gasteiger partial charge in [-0.2, -0.15) is 4.31 Å². The van der Waals surface area contributed by atoms with Gasteiger partial charge in [-0.25, -0.2) is 8.42 Å². The Hall–Kier alpha value is -2.42. The van der Waals surface area contributed by atoms with E-state index >= 15 is 0 Å². The standard InChI is InChI=1S/C19H16N2O4S2/c22-21(23)17-8-5-15(6-9-17)19-20(11-12-26-19)27(24,25)18-10-7-14-3-1-2-4-16(14)13-18/h1-10,13,19H,11-12H2/t19-/m0/s1. The highest BCUT2D eigenvalue weighted by atomic mass is 32.2. The van der Waals surface area contributed by atoms with Gasteiger partial charge < -0.3 is 0 Å². The minimum absolute atomic E-state index is 0.00863. The quantitative estimate of drug-likeness (QED) is 0.485. The molecule has 3 aromatic rings. The first-order valence-corrected chi connectivity index (χ1v) is 10.8. The van der Waals surface area contributed by atoms with Gasteiger partial charge in [0.2, 0.25) is 10.0 Å². The maximum absolute atomic E-state index is 13.2. The highest BCUT2D eigenvalue weighted by molar-refractivity contribution is 8.01. The lowest BCUT2D eigenvalue weighted by Crippen LogP contribution is -2.30. The zero-order valence-electron chi connectivity index (χ0n) is 14.2. The van der Waals surface area contributed by atoms with E-state index in [0.29, 0.717) is 12.3 Å². The van der Waals surface area contributed by atoms with Crippen LogP contribution in [0.2, 0.25) is 0 Å². The molecular formula is C19H16N2O4S2. The number of benzene rings is 3. The van der Waals surface area contributed by atoms with Gasteiger partial charge in [0.25, 0.3) is 5.69 Å². The topological polar surface area (TPSA) is 80.5 Å². The van der Waals surface area contributed by atoms with Gasteiger partial charge >= 0.3 is 0 Å². The Morgan fingerprint density at radius 2 is 1.70 bits per heavy atom.